The van der Waals surface area contributed by atoms with Crippen LogP contribution in [-0.4, -0.2) is 43.3 Å². The second kappa shape index (κ2) is 6.36. The fraction of sp³-hybridized carbons (Fsp3) is 1.00. The first kappa shape index (κ1) is 14.3. The molecule has 2 N–H and O–H groups in total. The molecule has 3 heteroatoms. The van der Waals surface area contributed by atoms with E-state index < -0.39 is 0 Å². The first-order valence-electron chi connectivity index (χ1n) is 7.73. The zero-order valence-electron chi connectivity index (χ0n) is 12.2. The summed E-state index contributed by atoms with van der Waals surface area (Å²) in [4.78, 5) is 2.51. The van der Waals surface area contributed by atoms with Gasteiger partial charge in [-0.15, -0.1) is 0 Å². The topological polar surface area (TPSA) is 38.5 Å². The standard InChI is InChI=1S/C15H30N2O/c1-3-13-6-8-15(12-16,9-7-13)17(2)11-14-5-4-10-18-14/h13-14H,3-12,16H2,1-2H3. The molecule has 1 aliphatic heterocycles. The largest absolute Gasteiger partial charge is 0.377 e. The minimum atomic E-state index is 0.248. The van der Waals surface area contributed by atoms with E-state index in [0.717, 1.165) is 25.6 Å². The SMILES string of the molecule is CCC1CCC(CN)(N(C)CC2CCCO2)CC1. The van der Waals surface area contributed by atoms with Crippen LogP contribution >= 0.6 is 0 Å². The summed E-state index contributed by atoms with van der Waals surface area (Å²) < 4.78 is 5.76. The number of hydrogen-bond acceptors (Lipinski definition) is 3. The molecule has 0 aromatic rings. The lowest BCUT2D eigenvalue weighted by Crippen LogP contribution is -2.55. The summed E-state index contributed by atoms with van der Waals surface area (Å²) in [6.45, 7) is 5.13. The van der Waals surface area contributed by atoms with Gasteiger partial charge in [0.2, 0.25) is 0 Å². The van der Waals surface area contributed by atoms with Crippen molar-refractivity contribution in [1.82, 2.24) is 4.90 Å². The van der Waals surface area contributed by atoms with Gasteiger partial charge in [-0.05, 0) is 51.5 Å². The normalized spacial score (nSPS) is 37.3. The van der Waals surface area contributed by atoms with Gasteiger partial charge in [0.05, 0.1) is 6.10 Å². The number of nitrogens with two attached hydrogens (primary N) is 1. The van der Waals surface area contributed by atoms with Crippen molar-refractivity contribution in [3.05, 3.63) is 0 Å². The van der Waals surface area contributed by atoms with Gasteiger partial charge in [-0.25, -0.2) is 0 Å². The molecule has 1 saturated carbocycles. The van der Waals surface area contributed by atoms with E-state index in [9.17, 15) is 0 Å². The first-order valence-corrected chi connectivity index (χ1v) is 7.73. The van der Waals surface area contributed by atoms with Gasteiger partial charge in [0.15, 0.2) is 0 Å². The minimum Gasteiger partial charge on any atom is -0.377 e. The van der Waals surface area contributed by atoms with Crippen LogP contribution in [0.15, 0.2) is 0 Å². The molecule has 2 rings (SSSR count). The van der Waals surface area contributed by atoms with Crippen LogP contribution in [0.5, 0.6) is 0 Å². The molecule has 0 bridgehead atoms. The van der Waals surface area contributed by atoms with E-state index in [-0.39, 0.29) is 5.54 Å². The molecule has 0 amide bonds. The molecule has 1 saturated heterocycles. The molecule has 1 atom stereocenters. The van der Waals surface area contributed by atoms with E-state index in [0.29, 0.717) is 6.10 Å². The van der Waals surface area contributed by atoms with Crippen LogP contribution in [0.25, 0.3) is 0 Å². The molecule has 2 fully saturated rings. The summed E-state index contributed by atoms with van der Waals surface area (Å²) in [7, 11) is 2.25. The monoisotopic (exact) mass is 254 g/mol. The lowest BCUT2D eigenvalue weighted by Gasteiger charge is -2.46. The molecule has 0 radical (unpaired) electrons. The quantitative estimate of drug-likeness (QED) is 0.819. The van der Waals surface area contributed by atoms with Crippen molar-refractivity contribution >= 4 is 0 Å². The smallest absolute Gasteiger partial charge is 0.0702 e. The second-order valence-electron chi connectivity index (χ2n) is 6.30. The van der Waals surface area contributed by atoms with Crippen molar-refractivity contribution in [3.8, 4) is 0 Å². The highest BCUT2D eigenvalue weighted by Gasteiger charge is 2.38. The fourth-order valence-electron chi connectivity index (χ4n) is 3.65. The molecule has 0 aromatic heterocycles. The van der Waals surface area contributed by atoms with E-state index in [1.54, 1.807) is 0 Å². The Bertz CT molecular complexity index is 243. The number of hydrogen-bond donors (Lipinski definition) is 1. The van der Waals surface area contributed by atoms with Crippen LogP contribution in [0.3, 0.4) is 0 Å². The highest BCUT2D eigenvalue weighted by molar-refractivity contribution is 4.95. The zero-order chi connectivity index (χ0) is 13.0. The van der Waals surface area contributed by atoms with E-state index in [1.165, 1.54) is 44.9 Å². The Labute approximate surface area is 112 Å². The predicted octanol–water partition coefficient (Wildman–Crippen LogP) is 2.39. The van der Waals surface area contributed by atoms with Crippen molar-refractivity contribution < 1.29 is 4.74 Å². The molecule has 0 aromatic carbocycles. The molecule has 2 aliphatic rings. The average molecular weight is 254 g/mol. The van der Waals surface area contributed by atoms with E-state index in [4.69, 9.17) is 10.5 Å². The summed E-state index contributed by atoms with van der Waals surface area (Å²) in [5.74, 6) is 0.931. The molecule has 1 unspecified atom stereocenters. The number of rotatable bonds is 5. The van der Waals surface area contributed by atoms with Crippen molar-refractivity contribution in [2.24, 2.45) is 11.7 Å². The average Bonchev–Trinajstić information content (AvgIpc) is 2.91. The molecule has 1 heterocycles. The lowest BCUT2D eigenvalue weighted by molar-refractivity contribution is 0.0126. The van der Waals surface area contributed by atoms with Crippen LogP contribution in [0, 0.1) is 5.92 Å². The molecular weight excluding hydrogens is 224 g/mol. The number of nitrogens with zero attached hydrogens (tertiary/aromatic N) is 1. The highest BCUT2D eigenvalue weighted by atomic mass is 16.5. The van der Waals surface area contributed by atoms with Crippen molar-refractivity contribution in [3.63, 3.8) is 0 Å². The molecule has 1 aliphatic carbocycles. The summed E-state index contributed by atoms with van der Waals surface area (Å²) in [6, 6.07) is 0. The van der Waals surface area contributed by atoms with Crippen molar-refractivity contribution in [2.45, 2.75) is 63.5 Å². The third-order valence-corrected chi connectivity index (χ3v) is 5.30. The maximum atomic E-state index is 6.12. The highest BCUT2D eigenvalue weighted by Crippen LogP contribution is 2.37. The van der Waals surface area contributed by atoms with E-state index >= 15 is 0 Å². The Balaban J connectivity index is 1.90. The molecular formula is C15H30N2O. The molecule has 106 valence electrons. The maximum absolute atomic E-state index is 6.12. The van der Waals surface area contributed by atoms with Gasteiger partial charge in [0, 0.05) is 25.2 Å². The number of likely N-dealkylation sites (N-methyl/N-ethyl adjacent to an activating group) is 1. The minimum absolute atomic E-state index is 0.248. The van der Waals surface area contributed by atoms with Crippen LogP contribution in [0.2, 0.25) is 0 Å². The Hall–Kier alpha value is -0.120. The summed E-state index contributed by atoms with van der Waals surface area (Å²) in [6.07, 6.45) is 9.47. The second-order valence-corrected chi connectivity index (χ2v) is 6.30. The molecule has 0 spiro atoms. The van der Waals surface area contributed by atoms with Crippen molar-refractivity contribution in [2.75, 3.05) is 26.7 Å². The van der Waals surface area contributed by atoms with Gasteiger partial charge < -0.3 is 10.5 Å². The van der Waals surface area contributed by atoms with E-state index in [1.807, 2.05) is 0 Å². The third-order valence-electron chi connectivity index (χ3n) is 5.30. The molecule has 3 nitrogen and oxygen atoms in total. The van der Waals surface area contributed by atoms with Crippen LogP contribution in [-0.2, 0) is 4.74 Å². The van der Waals surface area contributed by atoms with E-state index in [2.05, 4.69) is 18.9 Å². The van der Waals surface area contributed by atoms with Crippen LogP contribution < -0.4 is 5.73 Å². The summed E-state index contributed by atoms with van der Waals surface area (Å²) in [5.41, 5.74) is 6.37. The van der Waals surface area contributed by atoms with Crippen LogP contribution in [0.1, 0.15) is 51.9 Å². The third kappa shape index (κ3) is 3.06. The zero-order valence-corrected chi connectivity index (χ0v) is 12.2. The van der Waals surface area contributed by atoms with Gasteiger partial charge in [0.25, 0.3) is 0 Å². The lowest BCUT2D eigenvalue weighted by atomic mass is 9.74. The van der Waals surface area contributed by atoms with Gasteiger partial charge in [-0.2, -0.15) is 0 Å². The summed E-state index contributed by atoms with van der Waals surface area (Å²) in [5, 5.41) is 0. The first-order chi connectivity index (χ1) is 8.70. The molecule has 18 heavy (non-hydrogen) atoms. The van der Waals surface area contributed by atoms with Gasteiger partial charge >= 0.3 is 0 Å². The predicted molar refractivity (Wildman–Crippen MR) is 75.6 cm³/mol. The fourth-order valence-corrected chi connectivity index (χ4v) is 3.65. The summed E-state index contributed by atoms with van der Waals surface area (Å²) >= 11 is 0. The Morgan fingerprint density at radius 2 is 2.00 bits per heavy atom. The van der Waals surface area contributed by atoms with Gasteiger partial charge in [-0.3, -0.25) is 4.90 Å². The van der Waals surface area contributed by atoms with Crippen LogP contribution in [0.4, 0.5) is 0 Å². The maximum Gasteiger partial charge on any atom is 0.0702 e. The number of ether oxygens (including phenoxy) is 1. The Morgan fingerprint density at radius 1 is 1.28 bits per heavy atom. The van der Waals surface area contributed by atoms with Gasteiger partial charge in [-0.1, -0.05) is 13.3 Å². The Morgan fingerprint density at radius 3 is 2.50 bits per heavy atom. The van der Waals surface area contributed by atoms with Crippen molar-refractivity contribution in [1.29, 1.82) is 0 Å². The van der Waals surface area contributed by atoms with Gasteiger partial charge in [0.1, 0.15) is 0 Å². The Kier molecular flexibility index (Phi) is 5.05.